The first-order valence-electron chi connectivity index (χ1n) is 10.4. The molecule has 1 aliphatic heterocycles. The zero-order chi connectivity index (χ0) is 22.5. The number of thioether (sulfide) groups is 1. The van der Waals surface area contributed by atoms with E-state index < -0.39 is 0 Å². The van der Waals surface area contributed by atoms with Gasteiger partial charge in [0.05, 0.1) is 19.0 Å². The topological polar surface area (TPSA) is 120 Å². The molecule has 4 rings (SSSR count). The Morgan fingerprint density at radius 3 is 2.59 bits per heavy atom. The molecule has 0 atom stereocenters. The highest BCUT2D eigenvalue weighted by molar-refractivity contribution is 7.98. The van der Waals surface area contributed by atoms with Crippen LogP contribution in [0.3, 0.4) is 0 Å². The Hall–Kier alpha value is -2.99. The van der Waals surface area contributed by atoms with Crippen molar-refractivity contribution in [3.63, 3.8) is 0 Å². The number of hydrogen-bond acceptors (Lipinski definition) is 10. The van der Waals surface area contributed by atoms with Gasteiger partial charge in [0.1, 0.15) is 11.6 Å². The molecule has 1 aromatic carbocycles. The first-order valence-corrected chi connectivity index (χ1v) is 11.4. The Balaban J connectivity index is 1.49. The lowest BCUT2D eigenvalue weighted by molar-refractivity contribution is 0.121. The second kappa shape index (κ2) is 10.1. The van der Waals surface area contributed by atoms with E-state index in [2.05, 4.69) is 53.8 Å². The van der Waals surface area contributed by atoms with E-state index in [9.17, 15) is 4.39 Å². The lowest BCUT2D eigenvalue weighted by atomic mass is 10.2. The van der Waals surface area contributed by atoms with Crippen molar-refractivity contribution >= 4 is 35.3 Å². The number of anilines is 4. The molecule has 1 saturated heterocycles. The molecular formula is C20H26FN9OS. The summed E-state index contributed by atoms with van der Waals surface area (Å²) in [5.74, 6) is 2.35. The van der Waals surface area contributed by atoms with Crippen LogP contribution in [0.5, 0.6) is 0 Å². The Kier molecular flexibility index (Phi) is 7.00. The van der Waals surface area contributed by atoms with Gasteiger partial charge in [-0.2, -0.15) is 15.0 Å². The van der Waals surface area contributed by atoms with Gasteiger partial charge in [-0.15, -0.1) is 10.2 Å². The highest BCUT2D eigenvalue weighted by atomic mass is 32.2. The zero-order valence-electron chi connectivity index (χ0n) is 18.0. The fourth-order valence-corrected chi connectivity index (χ4v) is 4.06. The number of nitrogen functional groups attached to an aromatic ring is 1. The van der Waals surface area contributed by atoms with Gasteiger partial charge in [-0.3, -0.25) is 4.57 Å². The lowest BCUT2D eigenvalue weighted by Crippen LogP contribution is -2.38. The number of hydrogen-bond donors (Lipinski definition) is 2. The van der Waals surface area contributed by atoms with Gasteiger partial charge in [-0.1, -0.05) is 25.6 Å². The van der Waals surface area contributed by atoms with Crippen LogP contribution >= 0.6 is 11.8 Å². The minimum absolute atomic E-state index is 0.109. The number of nitrogens with two attached hydrogens (primary N) is 1. The summed E-state index contributed by atoms with van der Waals surface area (Å²) in [4.78, 5) is 15.0. The molecule has 0 amide bonds. The van der Waals surface area contributed by atoms with E-state index in [0.29, 0.717) is 42.3 Å². The molecule has 10 nitrogen and oxygen atoms in total. The van der Waals surface area contributed by atoms with E-state index in [4.69, 9.17) is 10.5 Å². The first kappa shape index (κ1) is 22.2. The van der Waals surface area contributed by atoms with Crippen LogP contribution in [-0.2, 0) is 17.0 Å². The lowest BCUT2D eigenvalue weighted by Gasteiger charge is -2.28. The summed E-state index contributed by atoms with van der Waals surface area (Å²) >= 11 is 1.50. The molecule has 0 spiro atoms. The Morgan fingerprint density at radius 2 is 1.88 bits per heavy atom. The van der Waals surface area contributed by atoms with Crippen molar-refractivity contribution in [2.75, 3.05) is 42.3 Å². The molecule has 3 aromatic rings. The second-order valence-corrected chi connectivity index (χ2v) is 8.68. The largest absolute Gasteiger partial charge is 0.378 e. The highest BCUT2D eigenvalue weighted by Crippen LogP contribution is 2.26. The molecular weight excluding hydrogens is 433 g/mol. The van der Waals surface area contributed by atoms with Crippen molar-refractivity contribution in [2.45, 2.75) is 31.3 Å². The van der Waals surface area contributed by atoms with Crippen molar-refractivity contribution in [2.24, 2.45) is 5.92 Å². The summed E-state index contributed by atoms with van der Waals surface area (Å²) in [6.45, 7) is 8.09. The van der Waals surface area contributed by atoms with E-state index in [0.717, 1.165) is 30.7 Å². The molecule has 0 unspecified atom stereocenters. The van der Waals surface area contributed by atoms with E-state index in [1.807, 2.05) is 0 Å². The second-order valence-electron chi connectivity index (χ2n) is 7.74. The van der Waals surface area contributed by atoms with E-state index in [1.54, 1.807) is 12.1 Å². The maximum absolute atomic E-state index is 13.1. The number of ether oxygens (including phenoxy) is 1. The van der Waals surface area contributed by atoms with Gasteiger partial charge < -0.3 is 20.7 Å². The van der Waals surface area contributed by atoms with Crippen molar-refractivity contribution in [1.82, 2.24) is 29.7 Å². The quantitative estimate of drug-likeness (QED) is 0.487. The molecule has 170 valence electrons. The third-order valence-corrected chi connectivity index (χ3v) is 5.63. The van der Waals surface area contributed by atoms with E-state index in [-0.39, 0.29) is 11.8 Å². The monoisotopic (exact) mass is 459 g/mol. The molecule has 3 N–H and O–H groups in total. The number of halogens is 1. The number of rotatable bonds is 8. The van der Waals surface area contributed by atoms with Gasteiger partial charge in [0.15, 0.2) is 5.16 Å². The third-order valence-electron chi connectivity index (χ3n) is 4.67. The van der Waals surface area contributed by atoms with Crippen LogP contribution in [-0.4, -0.2) is 56.0 Å². The summed E-state index contributed by atoms with van der Waals surface area (Å²) in [6.07, 6.45) is 0. The minimum atomic E-state index is -0.315. The Labute approximate surface area is 189 Å². The molecule has 1 aliphatic rings. The molecule has 12 heteroatoms. The average Bonchev–Trinajstić information content (AvgIpc) is 3.16. The van der Waals surface area contributed by atoms with Crippen LogP contribution in [0, 0.1) is 11.7 Å². The SMILES string of the molecule is CC(C)Cn1c(SCc2nc(N)nc(Nc3ccc(F)cc3)n2)nnc1N1CCOCC1. The average molecular weight is 460 g/mol. The number of benzene rings is 1. The number of nitrogens with one attached hydrogen (secondary N) is 1. The van der Waals surface area contributed by atoms with Gasteiger partial charge in [-0.25, -0.2) is 4.39 Å². The Morgan fingerprint density at radius 1 is 1.12 bits per heavy atom. The fraction of sp³-hybridized carbons (Fsp3) is 0.450. The summed E-state index contributed by atoms with van der Waals surface area (Å²) in [5, 5.41) is 12.7. The maximum Gasteiger partial charge on any atom is 0.232 e. The highest BCUT2D eigenvalue weighted by Gasteiger charge is 2.21. The maximum atomic E-state index is 13.1. The van der Waals surface area contributed by atoms with Crippen LogP contribution < -0.4 is 16.0 Å². The molecule has 2 aromatic heterocycles. The van der Waals surface area contributed by atoms with E-state index >= 15 is 0 Å². The molecule has 0 radical (unpaired) electrons. The van der Waals surface area contributed by atoms with Gasteiger partial charge in [-0.05, 0) is 30.2 Å². The molecule has 3 heterocycles. The van der Waals surface area contributed by atoms with Crippen molar-refractivity contribution < 1.29 is 9.13 Å². The minimum Gasteiger partial charge on any atom is -0.378 e. The number of aromatic nitrogens is 6. The molecule has 0 bridgehead atoms. The summed E-state index contributed by atoms with van der Waals surface area (Å²) in [7, 11) is 0. The number of nitrogens with zero attached hydrogens (tertiary/aromatic N) is 7. The van der Waals surface area contributed by atoms with E-state index in [1.165, 1.54) is 23.9 Å². The van der Waals surface area contributed by atoms with Gasteiger partial charge >= 0.3 is 0 Å². The summed E-state index contributed by atoms with van der Waals surface area (Å²) in [6, 6.07) is 5.92. The first-order chi connectivity index (χ1) is 15.5. The van der Waals surface area contributed by atoms with Crippen LogP contribution in [0.4, 0.5) is 27.9 Å². The van der Waals surface area contributed by atoms with Crippen molar-refractivity contribution in [1.29, 1.82) is 0 Å². The predicted octanol–water partition coefficient (Wildman–Crippen LogP) is 2.71. The molecule has 0 saturated carbocycles. The van der Waals surface area contributed by atoms with Gasteiger partial charge in [0.25, 0.3) is 0 Å². The standard InChI is InChI=1S/C20H26FN9OS/c1-13(2)11-30-19(29-7-9-31-10-8-29)27-28-20(30)32-12-16-24-17(22)26-18(25-16)23-15-5-3-14(21)4-6-15/h3-6,13H,7-12H2,1-2H3,(H3,22,23,24,25,26). The molecule has 0 aliphatic carbocycles. The fourth-order valence-electron chi connectivity index (χ4n) is 3.26. The van der Waals surface area contributed by atoms with Crippen molar-refractivity contribution in [3.8, 4) is 0 Å². The van der Waals surface area contributed by atoms with Crippen molar-refractivity contribution in [3.05, 3.63) is 35.9 Å². The van der Waals surface area contributed by atoms with Crippen LogP contribution in [0.2, 0.25) is 0 Å². The van der Waals surface area contributed by atoms with Gasteiger partial charge in [0, 0.05) is 25.3 Å². The predicted molar refractivity (Wildman–Crippen MR) is 121 cm³/mol. The zero-order valence-corrected chi connectivity index (χ0v) is 18.8. The third kappa shape index (κ3) is 5.62. The Bertz CT molecular complexity index is 1040. The van der Waals surface area contributed by atoms with Gasteiger partial charge in [0.2, 0.25) is 17.8 Å². The summed E-state index contributed by atoms with van der Waals surface area (Å²) in [5.41, 5.74) is 6.54. The summed E-state index contributed by atoms with van der Waals surface area (Å²) < 4.78 is 20.7. The van der Waals surface area contributed by atoms with Crippen LogP contribution in [0.15, 0.2) is 29.4 Å². The molecule has 1 fully saturated rings. The smallest absolute Gasteiger partial charge is 0.232 e. The van der Waals surface area contributed by atoms with Crippen LogP contribution in [0.25, 0.3) is 0 Å². The molecule has 32 heavy (non-hydrogen) atoms. The van der Waals surface area contributed by atoms with Crippen LogP contribution in [0.1, 0.15) is 19.7 Å². The normalized spacial score (nSPS) is 14.2. The number of morpholine rings is 1.